The molecule has 0 fully saturated rings. The van der Waals surface area contributed by atoms with Crippen molar-refractivity contribution >= 4 is 17.3 Å². The number of benzene rings is 1. The van der Waals surface area contributed by atoms with Gasteiger partial charge in [-0.3, -0.25) is 4.48 Å². The number of nitrogens with zero attached hydrogens (tertiary/aromatic N) is 1. The van der Waals surface area contributed by atoms with Crippen molar-refractivity contribution in [2.24, 2.45) is 5.41 Å². The Morgan fingerprint density at radius 2 is 1.83 bits per heavy atom. The minimum Gasteiger partial charge on any atom is -0.398 e. The van der Waals surface area contributed by atoms with E-state index in [0.29, 0.717) is 21.4 Å². The lowest BCUT2D eigenvalue weighted by atomic mass is 9.81. The molecule has 4 heteroatoms. The summed E-state index contributed by atoms with van der Waals surface area (Å²) in [6, 6.07) is 3.54. The summed E-state index contributed by atoms with van der Waals surface area (Å²) in [6.07, 6.45) is 0.799. The van der Waals surface area contributed by atoms with Gasteiger partial charge in [0.2, 0.25) is 0 Å². The molecule has 98 valence electrons. The molecule has 1 aromatic carbocycles. The Kier molecular flexibility index (Phi) is 2.66. The molecule has 0 aliphatic carbocycles. The second kappa shape index (κ2) is 3.72. The first kappa shape index (κ1) is 12.9. The molecule has 1 amide bonds. The molecule has 0 unspecified atom stereocenters. The predicted octanol–water partition coefficient (Wildman–Crippen LogP) is 1.65. The van der Waals surface area contributed by atoms with Gasteiger partial charge >= 0.3 is 5.91 Å². The van der Waals surface area contributed by atoms with Crippen molar-refractivity contribution in [3.05, 3.63) is 23.3 Å². The van der Waals surface area contributed by atoms with E-state index in [4.69, 9.17) is 11.5 Å². The number of nitrogens with two attached hydrogens (primary N) is 2. The van der Waals surface area contributed by atoms with Crippen molar-refractivity contribution in [1.29, 1.82) is 0 Å². The number of carbonyl (C=O) groups excluding carboxylic acids is 1. The molecule has 0 radical (unpaired) electrons. The topological polar surface area (TPSA) is 69.1 Å². The highest BCUT2D eigenvalue weighted by Crippen LogP contribution is 2.36. The van der Waals surface area contributed by atoms with E-state index in [0.717, 1.165) is 18.5 Å². The van der Waals surface area contributed by atoms with E-state index in [1.807, 2.05) is 14.1 Å². The van der Waals surface area contributed by atoms with Gasteiger partial charge < -0.3 is 11.5 Å². The lowest BCUT2D eigenvalue weighted by Gasteiger charge is -2.38. The molecule has 18 heavy (non-hydrogen) atoms. The minimum absolute atomic E-state index is 0.0134. The van der Waals surface area contributed by atoms with Crippen molar-refractivity contribution in [2.45, 2.75) is 20.3 Å². The van der Waals surface area contributed by atoms with Crippen LogP contribution in [0.4, 0.5) is 11.4 Å². The van der Waals surface area contributed by atoms with Gasteiger partial charge in [-0.1, -0.05) is 13.8 Å². The molecular weight excluding hydrogens is 226 g/mol. The maximum atomic E-state index is 12.6. The molecule has 1 aliphatic rings. The number of fused-ring (bicyclic) bond motifs is 2. The maximum absolute atomic E-state index is 12.6. The number of quaternary nitrogens is 1. The highest BCUT2D eigenvalue weighted by Gasteiger charge is 2.39. The van der Waals surface area contributed by atoms with Crippen LogP contribution in [0.5, 0.6) is 0 Å². The molecule has 0 saturated heterocycles. The number of hydrogen-bond donors (Lipinski definition) is 2. The molecule has 0 saturated carbocycles. The van der Waals surface area contributed by atoms with E-state index < -0.39 is 0 Å². The first-order chi connectivity index (χ1) is 8.14. The Morgan fingerprint density at radius 1 is 1.22 bits per heavy atom. The van der Waals surface area contributed by atoms with Gasteiger partial charge in [0, 0.05) is 11.1 Å². The van der Waals surface area contributed by atoms with Crippen molar-refractivity contribution in [3.63, 3.8) is 0 Å². The number of carbonyl (C=O) groups is 1. The van der Waals surface area contributed by atoms with Gasteiger partial charge in [-0.15, -0.1) is 0 Å². The van der Waals surface area contributed by atoms with Crippen molar-refractivity contribution in [2.75, 3.05) is 32.1 Å². The highest BCUT2D eigenvalue weighted by molar-refractivity contribution is 5.96. The average Bonchev–Trinajstić information content (AvgIpc) is 2.21. The third-order valence-electron chi connectivity index (χ3n) is 3.65. The van der Waals surface area contributed by atoms with Crippen LogP contribution in [-0.4, -0.2) is 31.0 Å². The quantitative estimate of drug-likeness (QED) is 0.542. The lowest BCUT2D eigenvalue weighted by Crippen LogP contribution is -2.52. The smallest absolute Gasteiger partial charge is 0.347 e. The Hall–Kier alpha value is -1.55. The summed E-state index contributed by atoms with van der Waals surface area (Å²) in [7, 11) is 3.87. The van der Waals surface area contributed by atoms with E-state index in [1.165, 1.54) is 0 Å². The molecule has 2 bridgehead atoms. The zero-order valence-corrected chi connectivity index (χ0v) is 11.6. The minimum atomic E-state index is -0.0134. The maximum Gasteiger partial charge on any atom is 0.347 e. The molecule has 4 N–H and O–H groups in total. The average molecular weight is 248 g/mol. The third-order valence-corrected chi connectivity index (χ3v) is 3.65. The van der Waals surface area contributed by atoms with Crippen LogP contribution in [0.2, 0.25) is 0 Å². The van der Waals surface area contributed by atoms with E-state index in [2.05, 4.69) is 13.8 Å². The lowest BCUT2D eigenvalue weighted by molar-refractivity contribution is -0.815. The Labute approximate surface area is 108 Å². The van der Waals surface area contributed by atoms with Gasteiger partial charge in [-0.25, -0.2) is 4.79 Å². The number of nitrogen functional groups attached to an aromatic ring is 2. The fourth-order valence-electron chi connectivity index (χ4n) is 3.07. The van der Waals surface area contributed by atoms with Crippen molar-refractivity contribution in [3.8, 4) is 0 Å². The largest absolute Gasteiger partial charge is 0.398 e. The predicted molar refractivity (Wildman–Crippen MR) is 74.1 cm³/mol. The number of hydrogen-bond acceptors (Lipinski definition) is 3. The fourth-order valence-corrected chi connectivity index (χ4v) is 3.07. The number of anilines is 2. The van der Waals surface area contributed by atoms with Gasteiger partial charge in [-0.2, -0.15) is 0 Å². The normalized spacial score (nSPS) is 21.2. The number of amides is 1. The van der Waals surface area contributed by atoms with Crippen LogP contribution in [-0.2, 0) is 6.42 Å². The summed E-state index contributed by atoms with van der Waals surface area (Å²) in [5.74, 6) is 0.0570. The first-order valence-corrected chi connectivity index (χ1v) is 6.19. The summed E-state index contributed by atoms with van der Waals surface area (Å²) in [6.45, 7) is 5.07. The van der Waals surface area contributed by atoms with Crippen LogP contribution >= 0.6 is 0 Å². The summed E-state index contributed by atoms with van der Waals surface area (Å²) >= 11 is 0. The van der Waals surface area contributed by atoms with Crippen molar-refractivity contribution in [1.82, 2.24) is 0 Å². The van der Waals surface area contributed by atoms with Crippen LogP contribution in [0.25, 0.3) is 0 Å². The highest BCUT2D eigenvalue weighted by atomic mass is 16.2. The Bertz CT molecular complexity index is 518. The van der Waals surface area contributed by atoms with E-state index in [-0.39, 0.29) is 11.3 Å². The molecule has 1 aliphatic heterocycles. The molecule has 0 spiro atoms. The van der Waals surface area contributed by atoms with Gasteiger partial charge in [-0.05, 0) is 24.1 Å². The molecule has 0 aromatic heterocycles. The monoisotopic (exact) mass is 248 g/mol. The van der Waals surface area contributed by atoms with Crippen LogP contribution < -0.4 is 11.5 Å². The zero-order chi connectivity index (χ0) is 13.7. The van der Waals surface area contributed by atoms with E-state index in [1.54, 1.807) is 12.1 Å². The number of rotatable bonds is 0. The molecule has 0 atom stereocenters. The van der Waals surface area contributed by atoms with Crippen LogP contribution in [0.15, 0.2) is 12.1 Å². The first-order valence-electron chi connectivity index (χ1n) is 6.19. The summed E-state index contributed by atoms with van der Waals surface area (Å²) < 4.78 is 0.320. The third kappa shape index (κ3) is 1.97. The van der Waals surface area contributed by atoms with Crippen LogP contribution in [0.3, 0.4) is 0 Å². The second-order valence-corrected chi connectivity index (χ2v) is 6.58. The second-order valence-electron chi connectivity index (χ2n) is 6.58. The van der Waals surface area contributed by atoms with Crippen molar-refractivity contribution < 1.29 is 9.28 Å². The van der Waals surface area contributed by atoms with Gasteiger partial charge in [0.15, 0.2) is 0 Å². The molecular formula is C14H22N3O+. The van der Waals surface area contributed by atoms with Crippen LogP contribution in [0, 0.1) is 5.41 Å². The standard InChI is InChI=1S/C14H21N3O/c1-14(2)7-10-11(15)6-5-9(12(10)16)13(18)17(3,4)8-14/h5-6H,7-8H2,1-4H3,(H3-,15,16,18)/p+1. The van der Waals surface area contributed by atoms with Crippen LogP contribution in [0.1, 0.15) is 29.8 Å². The Balaban J connectivity index is 2.70. The molecule has 1 aromatic rings. The molecule has 4 nitrogen and oxygen atoms in total. The summed E-state index contributed by atoms with van der Waals surface area (Å²) in [5.41, 5.74) is 14.9. The molecule has 1 heterocycles. The van der Waals surface area contributed by atoms with E-state index >= 15 is 0 Å². The fraction of sp³-hybridized carbons (Fsp3) is 0.500. The Morgan fingerprint density at radius 3 is 2.44 bits per heavy atom. The van der Waals surface area contributed by atoms with Gasteiger partial charge in [0.1, 0.15) is 5.56 Å². The SMILES string of the molecule is CC1(C)Cc2c(N)ccc(c2N)C(=O)[N+](C)(C)C1. The van der Waals surface area contributed by atoms with E-state index in [9.17, 15) is 4.79 Å². The van der Waals surface area contributed by atoms with Gasteiger partial charge in [0.25, 0.3) is 0 Å². The molecule has 2 rings (SSSR count). The zero-order valence-electron chi connectivity index (χ0n) is 11.6. The summed E-state index contributed by atoms with van der Waals surface area (Å²) in [5, 5.41) is 0. The van der Waals surface area contributed by atoms with Gasteiger partial charge in [0.05, 0.1) is 26.3 Å². The summed E-state index contributed by atoms with van der Waals surface area (Å²) in [4.78, 5) is 12.6.